The number of amides is 1. The van der Waals surface area contributed by atoms with Gasteiger partial charge in [0.15, 0.2) is 0 Å². The zero-order valence-corrected chi connectivity index (χ0v) is 15.1. The normalized spacial score (nSPS) is 22.4. The van der Waals surface area contributed by atoms with E-state index >= 15 is 0 Å². The molecule has 4 heteroatoms. The van der Waals surface area contributed by atoms with Gasteiger partial charge in [0, 0.05) is 18.8 Å². The van der Waals surface area contributed by atoms with Gasteiger partial charge in [-0.15, -0.1) is 0 Å². The van der Waals surface area contributed by atoms with E-state index in [-0.39, 0.29) is 24.2 Å². The van der Waals surface area contributed by atoms with E-state index in [1.807, 2.05) is 61.5 Å². The van der Waals surface area contributed by atoms with Crippen LogP contribution in [0.4, 0.5) is 5.69 Å². The Morgan fingerprint density at radius 2 is 1.64 bits per heavy atom. The fourth-order valence-corrected chi connectivity index (χ4v) is 3.44. The minimum absolute atomic E-state index is 0.00338. The second-order valence-electron chi connectivity index (χ2n) is 6.88. The first-order valence-electron chi connectivity index (χ1n) is 8.85. The fraction of sp³-hybridized carbons (Fsp3) is 0.381. The Morgan fingerprint density at radius 1 is 1.04 bits per heavy atom. The summed E-state index contributed by atoms with van der Waals surface area (Å²) in [6.07, 6.45) is 0.226. The van der Waals surface area contributed by atoms with Gasteiger partial charge in [-0.05, 0) is 38.5 Å². The lowest BCUT2D eigenvalue weighted by Crippen LogP contribution is -2.49. The van der Waals surface area contributed by atoms with Crippen molar-refractivity contribution in [3.05, 3.63) is 65.7 Å². The molecule has 0 bridgehead atoms. The molecule has 1 fully saturated rings. The predicted molar refractivity (Wildman–Crippen MR) is 101 cm³/mol. The van der Waals surface area contributed by atoms with E-state index in [1.165, 1.54) is 5.56 Å². The third-order valence-corrected chi connectivity index (χ3v) is 4.50. The number of carbonyl (C=O) groups is 1. The van der Waals surface area contributed by atoms with Gasteiger partial charge < -0.3 is 10.1 Å². The molecule has 1 N–H and O–H groups in total. The van der Waals surface area contributed by atoms with E-state index in [4.69, 9.17) is 4.74 Å². The van der Waals surface area contributed by atoms with Crippen molar-refractivity contribution < 1.29 is 9.53 Å². The van der Waals surface area contributed by atoms with Crippen LogP contribution in [0.2, 0.25) is 0 Å². The van der Waals surface area contributed by atoms with E-state index in [1.54, 1.807) is 0 Å². The number of hydrogen-bond acceptors (Lipinski definition) is 3. The number of anilines is 1. The number of aryl methyl sites for hydroxylation is 1. The molecule has 1 aliphatic heterocycles. The summed E-state index contributed by atoms with van der Waals surface area (Å²) < 4.78 is 5.84. The summed E-state index contributed by atoms with van der Waals surface area (Å²) in [5, 5.41) is 3.07. The summed E-state index contributed by atoms with van der Waals surface area (Å²) in [5.74, 6) is -0.00338. The van der Waals surface area contributed by atoms with Crippen molar-refractivity contribution in [2.24, 2.45) is 0 Å². The standard InChI is InChI=1S/C21H26N2O2/c1-15-9-11-19(12-10-15)22-21(24)20(18-7-5-4-6-8-18)23-13-16(2)25-17(3)14-23/h4-12,16-17,20H,13-14H2,1-3H3,(H,22,24)/t16-,17+,20-/m1/s1. The maximum Gasteiger partial charge on any atom is 0.246 e. The monoisotopic (exact) mass is 338 g/mol. The molecular formula is C21H26N2O2. The van der Waals surface area contributed by atoms with Crippen LogP contribution in [0.15, 0.2) is 54.6 Å². The van der Waals surface area contributed by atoms with Gasteiger partial charge in [0.2, 0.25) is 5.91 Å². The number of ether oxygens (including phenoxy) is 1. The molecular weight excluding hydrogens is 312 g/mol. The van der Waals surface area contributed by atoms with Crippen molar-refractivity contribution >= 4 is 11.6 Å². The van der Waals surface area contributed by atoms with Crippen LogP contribution < -0.4 is 5.32 Å². The average molecular weight is 338 g/mol. The summed E-state index contributed by atoms with van der Waals surface area (Å²) in [6.45, 7) is 7.64. The quantitative estimate of drug-likeness (QED) is 0.922. The number of rotatable bonds is 4. The SMILES string of the molecule is Cc1ccc(NC(=O)[C@@H](c2ccccc2)N2C[C@@H](C)O[C@@H](C)C2)cc1. The number of nitrogens with zero attached hydrogens (tertiary/aromatic N) is 1. The van der Waals surface area contributed by atoms with Crippen molar-refractivity contribution in [3.63, 3.8) is 0 Å². The van der Waals surface area contributed by atoms with Crippen molar-refractivity contribution in [2.45, 2.75) is 39.0 Å². The molecule has 1 amide bonds. The Hall–Kier alpha value is -2.17. The zero-order valence-electron chi connectivity index (χ0n) is 15.1. The molecule has 0 saturated carbocycles. The summed E-state index contributed by atoms with van der Waals surface area (Å²) in [4.78, 5) is 15.3. The molecule has 1 heterocycles. The third-order valence-electron chi connectivity index (χ3n) is 4.50. The molecule has 4 nitrogen and oxygen atoms in total. The highest BCUT2D eigenvalue weighted by Crippen LogP contribution is 2.26. The van der Waals surface area contributed by atoms with Gasteiger partial charge >= 0.3 is 0 Å². The molecule has 3 rings (SSSR count). The molecule has 0 aliphatic carbocycles. The van der Waals surface area contributed by atoms with E-state index in [0.717, 1.165) is 24.3 Å². The smallest absolute Gasteiger partial charge is 0.246 e. The molecule has 0 unspecified atom stereocenters. The van der Waals surface area contributed by atoms with Gasteiger partial charge in [-0.25, -0.2) is 0 Å². The molecule has 1 saturated heterocycles. The highest BCUT2D eigenvalue weighted by atomic mass is 16.5. The molecule has 1 aliphatic rings. The zero-order chi connectivity index (χ0) is 17.8. The lowest BCUT2D eigenvalue weighted by molar-refractivity contribution is -0.128. The third kappa shape index (κ3) is 4.47. The minimum atomic E-state index is -0.323. The van der Waals surface area contributed by atoms with Gasteiger partial charge in [0.25, 0.3) is 0 Å². The van der Waals surface area contributed by atoms with Crippen LogP contribution in [0.25, 0.3) is 0 Å². The summed E-state index contributed by atoms with van der Waals surface area (Å²) in [6, 6.07) is 17.6. The number of morpholine rings is 1. The second kappa shape index (κ2) is 7.81. The van der Waals surface area contributed by atoms with Crippen LogP contribution in [0.5, 0.6) is 0 Å². The summed E-state index contributed by atoms with van der Waals surface area (Å²) in [5.41, 5.74) is 3.01. The molecule has 25 heavy (non-hydrogen) atoms. The van der Waals surface area contributed by atoms with Crippen molar-refractivity contribution in [1.29, 1.82) is 0 Å². The Labute approximate surface area is 149 Å². The molecule has 3 atom stereocenters. The Bertz CT molecular complexity index is 690. The van der Waals surface area contributed by atoms with Gasteiger partial charge in [0.1, 0.15) is 6.04 Å². The number of carbonyl (C=O) groups excluding carboxylic acids is 1. The number of hydrogen-bond donors (Lipinski definition) is 1. The lowest BCUT2D eigenvalue weighted by Gasteiger charge is -2.39. The second-order valence-corrected chi connectivity index (χ2v) is 6.88. The first kappa shape index (κ1) is 17.6. The fourth-order valence-electron chi connectivity index (χ4n) is 3.44. The van der Waals surface area contributed by atoms with Gasteiger partial charge in [-0.3, -0.25) is 9.69 Å². The predicted octanol–water partition coefficient (Wildman–Crippen LogP) is 3.78. The Kier molecular flexibility index (Phi) is 5.51. The molecule has 0 spiro atoms. The first-order chi connectivity index (χ1) is 12.0. The molecule has 2 aromatic carbocycles. The van der Waals surface area contributed by atoms with Crippen LogP contribution in [-0.2, 0) is 9.53 Å². The minimum Gasteiger partial charge on any atom is -0.373 e. The van der Waals surface area contributed by atoms with Crippen LogP contribution in [0.3, 0.4) is 0 Å². The van der Waals surface area contributed by atoms with E-state index in [2.05, 4.69) is 24.1 Å². The largest absolute Gasteiger partial charge is 0.373 e. The summed E-state index contributed by atoms with van der Waals surface area (Å²) >= 11 is 0. The van der Waals surface area contributed by atoms with Crippen LogP contribution in [0, 0.1) is 6.92 Å². The number of nitrogens with one attached hydrogen (secondary N) is 1. The number of benzene rings is 2. The van der Waals surface area contributed by atoms with E-state index in [9.17, 15) is 4.79 Å². The van der Waals surface area contributed by atoms with Gasteiger partial charge in [-0.1, -0.05) is 48.0 Å². The molecule has 2 aromatic rings. The Morgan fingerprint density at radius 3 is 2.24 bits per heavy atom. The lowest BCUT2D eigenvalue weighted by atomic mass is 10.0. The highest BCUT2D eigenvalue weighted by molar-refractivity contribution is 5.95. The van der Waals surface area contributed by atoms with Gasteiger partial charge in [0.05, 0.1) is 12.2 Å². The van der Waals surface area contributed by atoms with Crippen LogP contribution >= 0.6 is 0 Å². The topological polar surface area (TPSA) is 41.6 Å². The highest BCUT2D eigenvalue weighted by Gasteiger charge is 2.33. The van der Waals surface area contributed by atoms with Crippen molar-refractivity contribution in [2.75, 3.05) is 18.4 Å². The van der Waals surface area contributed by atoms with Crippen molar-refractivity contribution in [3.8, 4) is 0 Å². The van der Waals surface area contributed by atoms with E-state index in [0.29, 0.717) is 0 Å². The van der Waals surface area contributed by atoms with Crippen LogP contribution in [0.1, 0.15) is 31.0 Å². The molecule has 0 aromatic heterocycles. The molecule has 132 valence electrons. The first-order valence-corrected chi connectivity index (χ1v) is 8.85. The maximum absolute atomic E-state index is 13.1. The van der Waals surface area contributed by atoms with Crippen LogP contribution in [-0.4, -0.2) is 36.1 Å². The summed E-state index contributed by atoms with van der Waals surface area (Å²) in [7, 11) is 0. The average Bonchev–Trinajstić information content (AvgIpc) is 2.57. The molecule has 0 radical (unpaired) electrons. The maximum atomic E-state index is 13.1. The van der Waals surface area contributed by atoms with Gasteiger partial charge in [-0.2, -0.15) is 0 Å². The van der Waals surface area contributed by atoms with E-state index < -0.39 is 0 Å². The van der Waals surface area contributed by atoms with Crippen molar-refractivity contribution in [1.82, 2.24) is 4.90 Å². The Balaban J connectivity index is 1.85.